The third-order valence-electron chi connectivity index (χ3n) is 1.87. The number of nitrogens with zero attached hydrogens (tertiary/aromatic N) is 2. The molecule has 0 heterocycles. The van der Waals surface area contributed by atoms with Crippen molar-refractivity contribution in [3.63, 3.8) is 0 Å². The number of esters is 1. The maximum atomic E-state index is 11.1. The van der Waals surface area contributed by atoms with Gasteiger partial charge >= 0.3 is 5.97 Å². The molecule has 0 aromatic carbocycles. The molecule has 4 nitrogen and oxygen atoms in total. The van der Waals surface area contributed by atoms with Gasteiger partial charge in [0.25, 0.3) is 0 Å². The van der Waals surface area contributed by atoms with Crippen LogP contribution in [0.4, 0.5) is 0 Å². The fraction of sp³-hybridized carbons (Fsp3) is 0.727. The average molecular weight is 208 g/mol. The normalized spacial score (nSPS) is 8.93. The number of nitriles is 2. The first-order chi connectivity index (χ1) is 7.31. The highest BCUT2D eigenvalue weighted by molar-refractivity contribution is 5.69. The van der Waals surface area contributed by atoms with Gasteiger partial charge in [-0.3, -0.25) is 4.79 Å². The van der Waals surface area contributed by atoms with Crippen molar-refractivity contribution in [1.29, 1.82) is 10.5 Å². The van der Waals surface area contributed by atoms with Gasteiger partial charge in [-0.15, -0.1) is 0 Å². The molecule has 0 aliphatic rings. The van der Waals surface area contributed by atoms with Gasteiger partial charge in [0.2, 0.25) is 0 Å². The first-order valence-corrected chi connectivity index (χ1v) is 5.20. The van der Waals surface area contributed by atoms with E-state index in [9.17, 15) is 4.79 Å². The Morgan fingerprint density at radius 1 is 1.00 bits per heavy atom. The van der Waals surface area contributed by atoms with Crippen molar-refractivity contribution in [2.45, 2.75) is 44.9 Å². The lowest BCUT2D eigenvalue weighted by atomic mass is 10.2. The topological polar surface area (TPSA) is 73.9 Å². The lowest BCUT2D eigenvalue weighted by molar-refractivity contribution is -0.143. The summed E-state index contributed by atoms with van der Waals surface area (Å²) >= 11 is 0. The number of rotatable bonds is 8. The summed E-state index contributed by atoms with van der Waals surface area (Å²) in [7, 11) is 0. The molecule has 0 aromatic heterocycles. The zero-order valence-electron chi connectivity index (χ0n) is 8.87. The fourth-order valence-electron chi connectivity index (χ4n) is 1.04. The largest absolute Gasteiger partial charge is 0.466 e. The number of hydrogen-bond acceptors (Lipinski definition) is 4. The predicted molar refractivity (Wildman–Crippen MR) is 54.5 cm³/mol. The minimum atomic E-state index is -0.204. The molecular formula is C11H16N2O2. The molecule has 15 heavy (non-hydrogen) atoms. The van der Waals surface area contributed by atoms with Crippen LogP contribution < -0.4 is 0 Å². The summed E-state index contributed by atoms with van der Waals surface area (Å²) in [6, 6.07) is 4.06. The number of carbonyl (C=O) groups is 1. The van der Waals surface area contributed by atoms with Gasteiger partial charge in [-0.05, 0) is 25.7 Å². The Kier molecular flexibility index (Phi) is 9.44. The maximum Gasteiger partial charge on any atom is 0.305 e. The van der Waals surface area contributed by atoms with Gasteiger partial charge in [0.1, 0.15) is 0 Å². The van der Waals surface area contributed by atoms with Crippen molar-refractivity contribution in [3.05, 3.63) is 0 Å². The van der Waals surface area contributed by atoms with Crippen LogP contribution in [0.25, 0.3) is 0 Å². The standard InChI is InChI=1S/C11H16N2O2/c12-8-4-1-3-7-11(14)15-10-6-2-5-9-13/h1-7,10H2. The monoisotopic (exact) mass is 208 g/mol. The number of hydrogen-bond donors (Lipinski definition) is 0. The van der Waals surface area contributed by atoms with Crippen LogP contribution in [0.15, 0.2) is 0 Å². The Labute approximate surface area is 90.4 Å². The van der Waals surface area contributed by atoms with Crippen LogP contribution in [0.5, 0.6) is 0 Å². The summed E-state index contributed by atoms with van der Waals surface area (Å²) in [6.07, 6.45) is 4.38. The van der Waals surface area contributed by atoms with E-state index in [1.807, 2.05) is 12.1 Å². The van der Waals surface area contributed by atoms with Crippen LogP contribution >= 0.6 is 0 Å². The van der Waals surface area contributed by atoms with Crippen LogP contribution in [0.2, 0.25) is 0 Å². The van der Waals surface area contributed by atoms with E-state index in [1.165, 1.54) is 0 Å². The molecule has 0 radical (unpaired) electrons. The van der Waals surface area contributed by atoms with Crippen LogP contribution in [0.3, 0.4) is 0 Å². The summed E-state index contributed by atoms with van der Waals surface area (Å²) in [6.45, 7) is 0.402. The Morgan fingerprint density at radius 2 is 1.60 bits per heavy atom. The van der Waals surface area contributed by atoms with Gasteiger partial charge in [0.15, 0.2) is 0 Å². The van der Waals surface area contributed by atoms with Gasteiger partial charge in [0, 0.05) is 19.3 Å². The quantitative estimate of drug-likeness (QED) is 0.453. The Bertz CT molecular complexity index is 250. The van der Waals surface area contributed by atoms with Gasteiger partial charge < -0.3 is 4.74 Å². The molecule has 0 fully saturated rings. The summed E-state index contributed by atoms with van der Waals surface area (Å²) in [5, 5.41) is 16.5. The molecule has 0 N–H and O–H groups in total. The molecule has 0 atom stereocenters. The first-order valence-electron chi connectivity index (χ1n) is 5.20. The molecule has 0 unspecified atom stereocenters. The molecule has 0 saturated carbocycles. The highest BCUT2D eigenvalue weighted by atomic mass is 16.5. The summed E-state index contributed by atoms with van der Waals surface area (Å²) in [5.74, 6) is -0.204. The van der Waals surface area contributed by atoms with Gasteiger partial charge in [-0.25, -0.2) is 0 Å². The second-order valence-corrected chi connectivity index (χ2v) is 3.20. The zero-order valence-corrected chi connectivity index (χ0v) is 8.87. The Hall–Kier alpha value is -1.55. The molecule has 0 saturated heterocycles. The lowest BCUT2D eigenvalue weighted by Crippen LogP contribution is -2.05. The molecule has 0 aliphatic carbocycles. The zero-order chi connectivity index (χ0) is 11.4. The van der Waals surface area contributed by atoms with Gasteiger partial charge in [0.05, 0.1) is 18.7 Å². The highest BCUT2D eigenvalue weighted by Crippen LogP contribution is 2.01. The summed E-state index contributed by atoms with van der Waals surface area (Å²) in [4.78, 5) is 11.1. The molecule has 0 aliphatic heterocycles. The predicted octanol–water partition coefficient (Wildman–Crippen LogP) is 2.31. The van der Waals surface area contributed by atoms with Crippen molar-refractivity contribution < 1.29 is 9.53 Å². The SMILES string of the molecule is N#CCCCCOC(=O)CCCCC#N. The van der Waals surface area contributed by atoms with E-state index in [0.717, 1.165) is 19.3 Å². The minimum absolute atomic E-state index is 0.204. The minimum Gasteiger partial charge on any atom is -0.466 e. The number of unbranched alkanes of at least 4 members (excludes halogenated alkanes) is 4. The molecular weight excluding hydrogens is 192 g/mol. The third-order valence-corrected chi connectivity index (χ3v) is 1.87. The molecule has 0 spiro atoms. The fourth-order valence-corrected chi connectivity index (χ4v) is 1.04. The van der Waals surface area contributed by atoms with Crippen molar-refractivity contribution >= 4 is 5.97 Å². The van der Waals surface area contributed by atoms with E-state index in [1.54, 1.807) is 0 Å². The molecule has 0 aromatic rings. The lowest BCUT2D eigenvalue weighted by Gasteiger charge is -2.02. The van der Waals surface area contributed by atoms with Crippen LogP contribution in [0, 0.1) is 22.7 Å². The molecule has 0 amide bonds. The van der Waals surface area contributed by atoms with Crippen molar-refractivity contribution in [1.82, 2.24) is 0 Å². The third kappa shape index (κ3) is 10.4. The highest BCUT2D eigenvalue weighted by Gasteiger charge is 2.01. The van der Waals surface area contributed by atoms with E-state index in [4.69, 9.17) is 15.3 Å². The Balaban J connectivity index is 3.20. The van der Waals surface area contributed by atoms with Crippen molar-refractivity contribution in [2.24, 2.45) is 0 Å². The van der Waals surface area contributed by atoms with Crippen LogP contribution in [-0.4, -0.2) is 12.6 Å². The van der Waals surface area contributed by atoms with E-state index in [2.05, 4.69) is 0 Å². The van der Waals surface area contributed by atoms with Crippen molar-refractivity contribution in [3.8, 4) is 12.1 Å². The van der Waals surface area contributed by atoms with Gasteiger partial charge in [-0.1, -0.05) is 0 Å². The van der Waals surface area contributed by atoms with E-state index in [-0.39, 0.29) is 5.97 Å². The second kappa shape index (κ2) is 10.5. The molecule has 4 heteroatoms. The smallest absolute Gasteiger partial charge is 0.305 e. The maximum absolute atomic E-state index is 11.1. The summed E-state index contributed by atoms with van der Waals surface area (Å²) in [5.41, 5.74) is 0. The van der Waals surface area contributed by atoms with E-state index >= 15 is 0 Å². The average Bonchev–Trinajstić information content (AvgIpc) is 2.24. The van der Waals surface area contributed by atoms with E-state index < -0.39 is 0 Å². The first kappa shape index (κ1) is 13.4. The Morgan fingerprint density at radius 3 is 2.20 bits per heavy atom. The molecule has 0 bridgehead atoms. The molecule has 0 rings (SSSR count). The van der Waals surface area contributed by atoms with Crippen molar-refractivity contribution in [2.75, 3.05) is 6.61 Å². The number of ether oxygens (including phenoxy) is 1. The second-order valence-electron chi connectivity index (χ2n) is 3.20. The van der Waals surface area contributed by atoms with Gasteiger partial charge in [-0.2, -0.15) is 10.5 Å². The number of carbonyl (C=O) groups excluding carboxylic acids is 1. The summed E-state index contributed by atoms with van der Waals surface area (Å²) < 4.78 is 4.94. The van der Waals surface area contributed by atoms with E-state index in [0.29, 0.717) is 32.3 Å². The van der Waals surface area contributed by atoms with Crippen LogP contribution in [0.1, 0.15) is 44.9 Å². The molecule has 82 valence electrons. The van der Waals surface area contributed by atoms with Crippen LogP contribution in [-0.2, 0) is 9.53 Å².